The van der Waals surface area contributed by atoms with E-state index in [2.05, 4.69) is 4.99 Å². The summed E-state index contributed by atoms with van der Waals surface area (Å²) < 4.78 is 20.9. The first kappa shape index (κ1) is 19.0. The fourth-order valence-electron chi connectivity index (χ4n) is 3.38. The molecule has 0 aliphatic carbocycles. The quantitative estimate of drug-likeness (QED) is 0.626. The number of nitrogens with zero attached hydrogens (tertiary/aromatic N) is 2. The fourth-order valence-corrected chi connectivity index (χ4v) is 4.41. The molecule has 4 rings (SSSR count). The molecule has 2 heterocycles. The van der Waals surface area contributed by atoms with Crippen LogP contribution in [0.1, 0.15) is 24.1 Å². The Morgan fingerprint density at radius 3 is 2.55 bits per heavy atom. The van der Waals surface area contributed by atoms with E-state index in [1.165, 1.54) is 23.8 Å². The first-order chi connectivity index (χ1) is 14.0. The molecule has 29 heavy (non-hydrogen) atoms. The normalized spacial score (nSPS) is 16.4. The second kappa shape index (κ2) is 7.60. The molecule has 3 aromatic rings. The third-order valence-electron chi connectivity index (χ3n) is 4.73. The minimum Gasteiger partial charge on any atom is -0.466 e. The number of hydrogen-bond acceptors (Lipinski definition) is 5. The van der Waals surface area contributed by atoms with E-state index in [1.54, 1.807) is 25.1 Å². The third-order valence-corrected chi connectivity index (χ3v) is 5.72. The number of ether oxygens (including phenoxy) is 1. The molecule has 0 saturated carbocycles. The standard InChI is InChI=1S/C22H17FN2O3S/c1-13-18(21(27)28-2)19(14-8-4-3-5-9-14)25-20(26)17(29-22(25)24-13)12-15-10-6-7-11-16(15)23/h3-12,19H,1-2H3/b17-12+/t19-/m1/s1. The maximum absolute atomic E-state index is 14.1. The van der Waals surface area contributed by atoms with Gasteiger partial charge in [0.1, 0.15) is 5.82 Å². The lowest BCUT2D eigenvalue weighted by Gasteiger charge is -2.24. The van der Waals surface area contributed by atoms with Crippen LogP contribution < -0.4 is 14.9 Å². The van der Waals surface area contributed by atoms with Gasteiger partial charge in [0.2, 0.25) is 0 Å². The molecule has 1 aliphatic heterocycles. The topological polar surface area (TPSA) is 60.7 Å². The van der Waals surface area contributed by atoms with Crippen molar-refractivity contribution in [2.75, 3.05) is 7.11 Å². The summed E-state index contributed by atoms with van der Waals surface area (Å²) in [6.45, 7) is 1.72. The Bertz CT molecular complexity index is 1310. The van der Waals surface area contributed by atoms with Crippen molar-refractivity contribution in [1.82, 2.24) is 4.57 Å². The van der Waals surface area contributed by atoms with Gasteiger partial charge in [0.25, 0.3) is 5.56 Å². The zero-order valence-electron chi connectivity index (χ0n) is 15.8. The van der Waals surface area contributed by atoms with Gasteiger partial charge in [-0.3, -0.25) is 9.36 Å². The van der Waals surface area contributed by atoms with Crippen LogP contribution in [-0.2, 0) is 9.53 Å². The second-order valence-electron chi connectivity index (χ2n) is 6.51. The van der Waals surface area contributed by atoms with Crippen molar-refractivity contribution in [2.24, 2.45) is 4.99 Å². The molecular weight excluding hydrogens is 391 g/mol. The summed E-state index contributed by atoms with van der Waals surface area (Å²) in [6, 6.07) is 14.8. The minimum absolute atomic E-state index is 0.309. The van der Waals surface area contributed by atoms with Crippen LogP contribution in [0, 0.1) is 5.82 Å². The first-order valence-corrected chi connectivity index (χ1v) is 9.73. The van der Waals surface area contributed by atoms with Crippen molar-refractivity contribution in [3.63, 3.8) is 0 Å². The lowest BCUT2D eigenvalue weighted by molar-refractivity contribution is -0.136. The van der Waals surface area contributed by atoms with Gasteiger partial charge in [0, 0.05) is 5.56 Å². The second-order valence-corrected chi connectivity index (χ2v) is 7.51. The van der Waals surface area contributed by atoms with Crippen LogP contribution in [0.25, 0.3) is 6.08 Å². The number of carbonyl (C=O) groups is 1. The number of halogens is 1. The van der Waals surface area contributed by atoms with Crippen molar-refractivity contribution in [1.29, 1.82) is 0 Å². The summed E-state index contributed by atoms with van der Waals surface area (Å²) in [5.74, 6) is -0.951. The number of fused-ring (bicyclic) bond motifs is 1. The van der Waals surface area contributed by atoms with Crippen LogP contribution in [-0.4, -0.2) is 17.6 Å². The number of thiazole rings is 1. The highest BCUT2D eigenvalue weighted by Gasteiger charge is 2.32. The Morgan fingerprint density at radius 1 is 1.17 bits per heavy atom. The maximum Gasteiger partial charge on any atom is 0.338 e. The smallest absolute Gasteiger partial charge is 0.338 e. The van der Waals surface area contributed by atoms with Gasteiger partial charge in [-0.2, -0.15) is 0 Å². The van der Waals surface area contributed by atoms with E-state index >= 15 is 0 Å². The number of esters is 1. The number of hydrogen-bond donors (Lipinski definition) is 0. The molecule has 0 bridgehead atoms. The van der Waals surface area contributed by atoms with Gasteiger partial charge >= 0.3 is 5.97 Å². The van der Waals surface area contributed by atoms with Crippen LogP contribution in [0.3, 0.4) is 0 Å². The SMILES string of the molecule is COC(=O)C1=C(C)N=c2s/c(=C/c3ccccc3F)c(=O)n2[C@@H]1c1ccccc1. The maximum atomic E-state index is 14.1. The fraction of sp³-hybridized carbons (Fsp3) is 0.136. The van der Waals surface area contributed by atoms with Gasteiger partial charge in [-0.25, -0.2) is 14.2 Å². The molecule has 2 aromatic carbocycles. The van der Waals surface area contributed by atoms with Gasteiger partial charge in [0.15, 0.2) is 4.80 Å². The number of benzene rings is 2. The molecule has 7 heteroatoms. The predicted molar refractivity (Wildman–Crippen MR) is 109 cm³/mol. The summed E-state index contributed by atoms with van der Waals surface area (Å²) in [7, 11) is 1.30. The molecule has 0 fully saturated rings. The number of allylic oxidation sites excluding steroid dienone is 1. The van der Waals surface area contributed by atoms with Gasteiger partial charge in [0.05, 0.1) is 29.0 Å². The summed E-state index contributed by atoms with van der Waals surface area (Å²) in [4.78, 5) is 30.7. The van der Waals surface area contributed by atoms with E-state index in [-0.39, 0.29) is 5.56 Å². The Morgan fingerprint density at radius 2 is 1.86 bits per heavy atom. The van der Waals surface area contributed by atoms with Gasteiger partial charge in [-0.15, -0.1) is 0 Å². The van der Waals surface area contributed by atoms with Crippen molar-refractivity contribution in [3.05, 3.63) is 102 Å². The first-order valence-electron chi connectivity index (χ1n) is 8.91. The number of methoxy groups -OCH3 is 1. The van der Waals surface area contributed by atoms with E-state index in [4.69, 9.17) is 4.74 Å². The van der Waals surface area contributed by atoms with Gasteiger partial charge in [-0.1, -0.05) is 59.9 Å². The zero-order valence-corrected chi connectivity index (χ0v) is 16.6. The average Bonchev–Trinajstić information content (AvgIpc) is 3.03. The number of rotatable bonds is 3. The van der Waals surface area contributed by atoms with Crippen LogP contribution in [0.4, 0.5) is 4.39 Å². The molecule has 5 nitrogen and oxygen atoms in total. The molecule has 0 amide bonds. The van der Waals surface area contributed by atoms with E-state index in [1.807, 2.05) is 30.3 Å². The summed E-state index contributed by atoms with van der Waals surface area (Å²) >= 11 is 1.16. The van der Waals surface area contributed by atoms with Crippen LogP contribution in [0.15, 0.2) is 75.7 Å². The molecular formula is C22H17FN2O3S. The monoisotopic (exact) mass is 408 g/mol. The highest BCUT2D eigenvalue weighted by Crippen LogP contribution is 2.30. The molecule has 0 spiro atoms. The van der Waals surface area contributed by atoms with Gasteiger partial charge in [-0.05, 0) is 24.6 Å². The van der Waals surface area contributed by atoms with Crippen LogP contribution in [0.2, 0.25) is 0 Å². The van der Waals surface area contributed by atoms with E-state index in [9.17, 15) is 14.0 Å². The average molecular weight is 408 g/mol. The molecule has 0 unspecified atom stereocenters. The summed E-state index contributed by atoms with van der Waals surface area (Å²) in [6.07, 6.45) is 1.51. The van der Waals surface area contributed by atoms with Crippen molar-refractivity contribution in [2.45, 2.75) is 13.0 Å². The van der Waals surface area contributed by atoms with Crippen molar-refractivity contribution >= 4 is 23.4 Å². The van der Waals surface area contributed by atoms with Gasteiger partial charge < -0.3 is 4.74 Å². The minimum atomic E-state index is -0.664. The molecule has 1 aromatic heterocycles. The van der Waals surface area contributed by atoms with Crippen molar-refractivity contribution in [3.8, 4) is 0 Å². The zero-order chi connectivity index (χ0) is 20.5. The van der Waals surface area contributed by atoms with Crippen LogP contribution in [0.5, 0.6) is 0 Å². The highest BCUT2D eigenvalue weighted by atomic mass is 32.1. The Hall–Kier alpha value is -3.32. The lowest BCUT2D eigenvalue weighted by atomic mass is 9.96. The lowest BCUT2D eigenvalue weighted by Crippen LogP contribution is -2.39. The molecule has 1 atom stereocenters. The largest absolute Gasteiger partial charge is 0.466 e. The number of aromatic nitrogens is 1. The highest BCUT2D eigenvalue weighted by molar-refractivity contribution is 7.07. The summed E-state index contributed by atoms with van der Waals surface area (Å²) in [5, 5.41) is 0. The number of carbonyl (C=O) groups excluding carboxylic acids is 1. The Labute approximate surface area is 169 Å². The summed E-state index contributed by atoms with van der Waals surface area (Å²) in [5.41, 5.74) is 1.55. The van der Waals surface area contributed by atoms with E-state index in [0.717, 1.165) is 16.9 Å². The molecule has 146 valence electrons. The third kappa shape index (κ3) is 3.34. The van der Waals surface area contributed by atoms with E-state index in [0.29, 0.717) is 26.2 Å². The van der Waals surface area contributed by atoms with Crippen molar-refractivity contribution < 1.29 is 13.9 Å². The Balaban J connectivity index is 2.00. The Kier molecular flexibility index (Phi) is 4.98. The van der Waals surface area contributed by atoms with E-state index < -0.39 is 17.8 Å². The predicted octanol–water partition coefficient (Wildman–Crippen LogP) is 2.55. The molecule has 1 aliphatic rings. The van der Waals surface area contributed by atoms with Crippen LogP contribution >= 0.6 is 11.3 Å². The molecule has 0 saturated heterocycles. The molecule has 0 radical (unpaired) electrons. The molecule has 0 N–H and O–H groups in total.